The van der Waals surface area contributed by atoms with Crippen molar-refractivity contribution in [3.63, 3.8) is 0 Å². The molecule has 1 aromatic heterocycles. The molecule has 0 aliphatic rings. The van der Waals surface area contributed by atoms with Gasteiger partial charge in [0.05, 0.1) is 11.8 Å². The number of hydrogen-bond donors (Lipinski definition) is 1. The molecule has 2 nitrogen and oxygen atoms in total. The van der Waals surface area contributed by atoms with Gasteiger partial charge in [0.15, 0.2) is 0 Å². The van der Waals surface area contributed by atoms with Gasteiger partial charge in [-0.05, 0) is 17.9 Å². The average molecular weight is 208 g/mol. The molecule has 2 aromatic rings. The Kier molecular flexibility index (Phi) is 2.33. The standard InChI is InChI=1S/C11H12O2S/c1-3-7-8-4-5-14-11(8)10(13-2)6-9(7)12/h4-6,12H,3H2,1-2H3. The van der Waals surface area contributed by atoms with E-state index in [1.54, 1.807) is 24.5 Å². The first-order valence-electron chi connectivity index (χ1n) is 4.54. The van der Waals surface area contributed by atoms with Crippen molar-refractivity contribution >= 4 is 21.4 Å². The third-order valence-electron chi connectivity index (χ3n) is 2.36. The van der Waals surface area contributed by atoms with E-state index < -0.39 is 0 Å². The number of methoxy groups -OCH3 is 1. The van der Waals surface area contributed by atoms with Crippen LogP contribution in [0.1, 0.15) is 12.5 Å². The molecule has 0 saturated heterocycles. The molecule has 2 rings (SSSR count). The summed E-state index contributed by atoms with van der Waals surface area (Å²) >= 11 is 1.64. The summed E-state index contributed by atoms with van der Waals surface area (Å²) in [5.41, 5.74) is 1.00. The molecule has 0 aliphatic carbocycles. The van der Waals surface area contributed by atoms with Crippen molar-refractivity contribution in [2.24, 2.45) is 0 Å². The number of phenols is 1. The van der Waals surface area contributed by atoms with Crippen LogP contribution in [0.3, 0.4) is 0 Å². The zero-order chi connectivity index (χ0) is 10.1. The largest absolute Gasteiger partial charge is 0.508 e. The Balaban J connectivity index is 2.81. The van der Waals surface area contributed by atoms with Crippen molar-refractivity contribution in [3.8, 4) is 11.5 Å². The second-order valence-corrected chi connectivity index (χ2v) is 4.01. The molecule has 1 aromatic carbocycles. The predicted molar refractivity (Wildman–Crippen MR) is 59.4 cm³/mol. The van der Waals surface area contributed by atoms with E-state index in [1.807, 2.05) is 18.4 Å². The number of fused-ring (bicyclic) bond motifs is 1. The van der Waals surface area contributed by atoms with Crippen LogP contribution in [0.25, 0.3) is 10.1 Å². The summed E-state index contributed by atoms with van der Waals surface area (Å²) in [4.78, 5) is 0. The molecular formula is C11H12O2S. The van der Waals surface area contributed by atoms with Crippen LogP contribution in [0.15, 0.2) is 17.5 Å². The highest BCUT2D eigenvalue weighted by Gasteiger charge is 2.11. The summed E-state index contributed by atoms with van der Waals surface area (Å²) in [5, 5.41) is 12.9. The third kappa shape index (κ3) is 1.24. The lowest BCUT2D eigenvalue weighted by Crippen LogP contribution is -1.87. The summed E-state index contributed by atoms with van der Waals surface area (Å²) < 4.78 is 6.33. The number of thiophene rings is 1. The van der Waals surface area contributed by atoms with Crippen LogP contribution >= 0.6 is 11.3 Å². The quantitative estimate of drug-likeness (QED) is 0.821. The van der Waals surface area contributed by atoms with E-state index in [0.717, 1.165) is 27.8 Å². The maximum absolute atomic E-state index is 9.76. The summed E-state index contributed by atoms with van der Waals surface area (Å²) in [6, 6.07) is 3.72. The van der Waals surface area contributed by atoms with E-state index in [9.17, 15) is 5.11 Å². The van der Waals surface area contributed by atoms with Gasteiger partial charge in [-0.15, -0.1) is 11.3 Å². The first kappa shape index (κ1) is 9.34. The van der Waals surface area contributed by atoms with E-state index in [1.165, 1.54) is 0 Å². The van der Waals surface area contributed by atoms with Gasteiger partial charge in [0.25, 0.3) is 0 Å². The van der Waals surface area contributed by atoms with Crippen LogP contribution in [0.4, 0.5) is 0 Å². The number of ether oxygens (including phenoxy) is 1. The summed E-state index contributed by atoms with van der Waals surface area (Å²) in [6.45, 7) is 2.04. The number of phenolic OH excluding ortho intramolecular Hbond substituents is 1. The molecule has 0 saturated carbocycles. The molecular weight excluding hydrogens is 196 g/mol. The monoisotopic (exact) mass is 208 g/mol. The van der Waals surface area contributed by atoms with Crippen LogP contribution < -0.4 is 4.74 Å². The molecule has 0 spiro atoms. The van der Waals surface area contributed by atoms with Gasteiger partial charge in [-0.1, -0.05) is 6.92 Å². The van der Waals surface area contributed by atoms with Gasteiger partial charge >= 0.3 is 0 Å². The maximum Gasteiger partial charge on any atom is 0.140 e. The molecule has 74 valence electrons. The molecule has 0 unspecified atom stereocenters. The minimum atomic E-state index is 0.329. The zero-order valence-corrected chi connectivity index (χ0v) is 9.02. The Morgan fingerprint density at radius 1 is 1.50 bits per heavy atom. The number of rotatable bonds is 2. The Hall–Kier alpha value is -1.22. The molecule has 14 heavy (non-hydrogen) atoms. The van der Waals surface area contributed by atoms with Crippen LogP contribution in [0.5, 0.6) is 11.5 Å². The Morgan fingerprint density at radius 2 is 2.29 bits per heavy atom. The lowest BCUT2D eigenvalue weighted by molar-refractivity contribution is 0.412. The molecule has 0 radical (unpaired) electrons. The van der Waals surface area contributed by atoms with E-state index in [2.05, 4.69) is 0 Å². The van der Waals surface area contributed by atoms with Crippen molar-refractivity contribution in [1.29, 1.82) is 0 Å². The fraction of sp³-hybridized carbons (Fsp3) is 0.273. The van der Waals surface area contributed by atoms with Gasteiger partial charge in [0.2, 0.25) is 0 Å². The summed E-state index contributed by atoms with van der Waals surface area (Å²) in [7, 11) is 1.62. The first-order valence-corrected chi connectivity index (χ1v) is 5.42. The molecule has 0 aliphatic heterocycles. The number of aryl methyl sites for hydroxylation is 1. The molecule has 0 amide bonds. The topological polar surface area (TPSA) is 29.5 Å². The van der Waals surface area contributed by atoms with Crippen molar-refractivity contribution in [1.82, 2.24) is 0 Å². The lowest BCUT2D eigenvalue weighted by Gasteiger charge is -2.07. The SMILES string of the molecule is CCc1c(O)cc(OC)c2sccc12. The van der Waals surface area contributed by atoms with Crippen LogP contribution in [-0.4, -0.2) is 12.2 Å². The third-order valence-corrected chi connectivity index (χ3v) is 3.29. The molecule has 1 N–H and O–H groups in total. The fourth-order valence-corrected chi connectivity index (χ4v) is 2.59. The summed E-state index contributed by atoms with van der Waals surface area (Å²) in [5.74, 6) is 1.08. The highest BCUT2D eigenvalue weighted by Crippen LogP contribution is 2.38. The highest BCUT2D eigenvalue weighted by atomic mass is 32.1. The molecule has 3 heteroatoms. The maximum atomic E-state index is 9.76. The van der Waals surface area contributed by atoms with E-state index in [0.29, 0.717) is 5.75 Å². The highest BCUT2D eigenvalue weighted by molar-refractivity contribution is 7.17. The summed E-state index contributed by atoms with van der Waals surface area (Å²) in [6.07, 6.45) is 0.836. The number of benzene rings is 1. The van der Waals surface area contributed by atoms with Crippen LogP contribution in [0, 0.1) is 0 Å². The second-order valence-electron chi connectivity index (χ2n) is 3.09. The van der Waals surface area contributed by atoms with Gasteiger partial charge < -0.3 is 9.84 Å². The van der Waals surface area contributed by atoms with Crippen molar-refractivity contribution < 1.29 is 9.84 Å². The minimum absolute atomic E-state index is 0.329. The molecule has 1 heterocycles. The fourth-order valence-electron chi connectivity index (χ4n) is 1.68. The van der Waals surface area contributed by atoms with E-state index >= 15 is 0 Å². The Bertz CT molecular complexity index is 460. The van der Waals surface area contributed by atoms with Gasteiger partial charge in [-0.25, -0.2) is 0 Å². The van der Waals surface area contributed by atoms with E-state index in [-0.39, 0.29) is 0 Å². The van der Waals surface area contributed by atoms with Crippen LogP contribution in [0.2, 0.25) is 0 Å². The first-order chi connectivity index (χ1) is 6.77. The van der Waals surface area contributed by atoms with Gasteiger partial charge in [0, 0.05) is 17.0 Å². The molecule has 0 fully saturated rings. The molecule has 0 bridgehead atoms. The van der Waals surface area contributed by atoms with Crippen molar-refractivity contribution in [2.45, 2.75) is 13.3 Å². The van der Waals surface area contributed by atoms with Crippen molar-refractivity contribution in [3.05, 3.63) is 23.1 Å². The predicted octanol–water partition coefficient (Wildman–Crippen LogP) is 3.18. The normalized spacial score (nSPS) is 10.7. The van der Waals surface area contributed by atoms with Gasteiger partial charge in [0.1, 0.15) is 11.5 Å². The minimum Gasteiger partial charge on any atom is -0.508 e. The van der Waals surface area contributed by atoms with Crippen LogP contribution in [-0.2, 0) is 6.42 Å². The second kappa shape index (κ2) is 3.50. The van der Waals surface area contributed by atoms with Gasteiger partial charge in [-0.3, -0.25) is 0 Å². The lowest BCUT2D eigenvalue weighted by atomic mass is 10.1. The zero-order valence-electron chi connectivity index (χ0n) is 8.20. The van der Waals surface area contributed by atoms with Crippen molar-refractivity contribution in [2.75, 3.05) is 7.11 Å². The Labute approximate surface area is 86.8 Å². The molecule has 0 atom stereocenters. The number of aromatic hydroxyl groups is 1. The Morgan fingerprint density at radius 3 is 2.93 bits per heavy atom. The smallest absolute Gasteiger partial charge is 0.140 e. The van der Waals surface area contributed by atoms with Gasteiger partial charge in [-0.2, -0.15) is 0 Å². The average Bonchev–Trinajstić information content (AvgIpc) is 2.65. The number of hydrogen-bond acceptors (Lipinski definition) is 3. The van der Waals surface area contributed by atoms with E-state index in [4.69, 9.17) is 4.74 Å².